The molecule has 0 radical (unpaired) electrons. The van der Waals surface area contributed by atoms with E-state index < -0.39 is 0 Å². The Bertz CT molecular complexity index is 442. The van der Waals surface area contributed by atoms with Crippen molar-refractivity contribution in [3.63, 3.8) is 0 Å². The van der Waals surface area contributed by atoms with E-state index in [0.29, 0.717) is 22.3 Å². The molecule has 1 unspecified atom stereocenters. The lowest BCUT2D eigenvalue weighted by Crippen LogP contribution is -2.26. The summed E-state index contributed by atoms with van der Waals surface area (Å²) in [4.78, 5) is 11.0. The fourth-order valence-corrected chi connectivity index (χ4v) is 2.69. The summed E-state index contributed by atoms with van der Waals surface area (Å²) in [5.41, 5.74) is 0.332. The fourth-order valence-electron chi connectivity index (χ4n) is 2.48. The van der Waals surface area contributed by atoms with E-state index in [4.69, 9.17) is 11.6 Å². The lowest BCUT2D eigenvalue weighted by molar-refractivity contribution is 0.263. The summed E-state index contributed by atoms with van der Waals surface area (Å²) in [6.07, 6.45) is 2.88. The molecule has 19 heavy (non-hydrogen) atoms. The van der Waals surface area contributed by atoms with Crippen molar-refractivity contribution >= 4 is 23.4 Å². The van der Waals surface area contributed by atoms with Gasteiger partial charge in [-0.3, -0.25) is 0 Å². The third-order valence-electron chi connectivity index (χ3n) is 3.77. The van der Waals surface area contributed by atoms with Gasteiger partial charge in [-0.2, -0.15) is 4.98 Å². The van der Waals surface area contributed by atoms with Gasteiger partial charge in [0.1, 0.15) is 5.02 Å². The zero-order valence-electron chi connectivity index (χ0n) is 12.2. The molecule has 1 atom stereocenters. The van der Waals surface area contributed by atoms with Crippen LogP contribution < -0.4 is 10.2 Å². The standard InChI is InChI=1S/C14H23ClN4/c1-5-16-13-17-8-11(15)12(18-13)19-7-6-10(9-19)14(2,3)4/h8,10H,5-7,9H2,1-4H3,(H,16,17,18). The lowest BCUT2D eigenvalue weighted by atomic mass is 9.80. The maximum Gasteiger partial charge on any atom is 0.224 e. The zero-order valence-corrected chi connectivity index (χ0v) is 13.0. The monoisotopic (exact) mass is 282 g/mol. The van der Waals surface area contributed by atoms with Gasteiger partial charge in [0.05, 0.1) is 6.20 Å². The van der Waals surface area contributed by atoms with Gasteiger partial charge in [-0.1, -0.05) is 32.4 Å². The SMILES string of the molecule is CCNc1ncc(Cl)c(N2CCC(C(C)(C)C)C2)n1. The Kier molecular flexibility index (Phi) is 4.19. The van der Waals surface area contributed by atoms with Crippen molar-refractivity contribution in [2.45, 2.75) is 34.1 Å². The fraction of sp³-hybridized carbons (Fsp3) is 0.714. The van der Waals surface area contributed by atoms with E-state index in [-0.39, 0.29) is 0 Å². The topological polar surface area (TPSA) is 41.1 Å². The third kappa shape index (κ3) is 3.30. The van der Waals surface area contributed by atoms with Crippen LogP contribution in [-0.4, -0.2) is 29.6 Å². The molecular weight excluding hydrogens is 260 g/mol. The molecule has 2 rings (SSSR count). The predicted octanol–water partition coefficient (Wildman–Crippen LogP) is 3.43. The molecule has 1 N–H and O–H groups in total. The first-order valence-corrected chi connectivity index (χ1v) is 7.31. The highest BCUT2D eigenvalue weighted by Crippen LogP contribution is 2.36. The molecule has 1 aliphatic rings. The van der Waals surface area contributed by atoms with E-state index in [1.807, 2.05) is 6.92 Å². The molecule has 1 saturated heterocycles. The van der Waals surface area contributed by atoms with Gasteiger partial charge in [-0.05, 0) is 24.7 Å². The molecule has 2 heterocycles. The number of hydrogen-bond donors (Lipinski definition) is 1. The van der Waals surface area contributed by atoms with Crippen LogP contribution >= 0.6 is 11.6 Å². The molecule has 0 amide bonds. The van der Waals surface area contributed by atoms with Gasteiger partial charge >= 0.3 is 0 Å². The largest absolute Gasteiger partial charge is 0.355 e. The van der Waals surface area contributed by atoms with Crippen LogP contribution in [0.2, 0.25) is 5.02 Å². The smallest absolute Gasteiger partial charge is 0.224 e. The quantitative estimate of drug-likeness (QED) is 0.922. The molecule has 1 aliphatic heterocycles. The first-order chi connectivity index (χ1) is 8.91. The van der Waals surface area contributed by atoms with E-state index in [0.717, 1.165) is 25.5 Å². The Morgan fingerprint density at radius 1 is 1.47 bits per heavy atom. The Hall–Kier alpha value is -1.03. The summed E-state index contributed by atoms with van der Waals surface area (Å²) in [6, 6.07) is 0. The Morgan fingerprint density at radius 2 is 2.21 bits per heavy atom. The summed E-state index contributed by atoms with van der Waals surface area (Å²) in [5.74, 6) is 2.20. The highest BCUT2D eigenvalue weighted by molar-refractivity contribution is 6.32. The minimum Gasteiger partial charge on any atom is -0.355 e. The number of halogens is 1. The van der Waals surface area contributed by atoms with Gasteiger partial charge < -0.3 is 10.2 Å². The van der Waals surface area contributed by atoms with Crippen molar-refractivity contribution in [2.24, 2.45) is 11.3 Å². The van der Waals surface area contributed by atoms with Gasteiger partial charge in [0.15, 0.2) is 5.82 Å². The second-order valence-electron chi connectivity index (χ2n) is 6.19. The summed E-state index contributed by atoms with van der Waals surface area (Å²) in [5, 5.41) is 3.77. The number of nitrogens with zero attached hydrogens (tertiary/aromatic N) is 3. The summed E-state index contributed by atoms with van der Waals surface area (Å²) >= 11 is 6.24. The van der Waals surface area contributed by atoms with Crippen molar-refractivity contribution in [2.75, 3.05) is 29.9 Å². The van der Waals surface area contributed by atoms with Crippen LogP contribution in [0.15, 0.2) is 6.20 Å². The minimum atomic E-state index is 0.332. The molecule has 0 saturated carbocycles. The minimum absolute atomic E-state index is 0.332. The van der Waals surface area contributed by atoms with Crippen LogP contribution in [0, 0.1) is 11.3 Å². The molecule has 1 fully saturated rings. The van der Waals surface area contributed by atoms with Crippen molar-refractivity contribution < 1.29 is 0 Å². The average molecular weight is 283 g/mol. The van der Waals surface area contributed by atoms with E-state index in [2.05, 4.69) is 41.0 Å². The molecule has 4 nitrogen and oxygen atoms in total. The maximum atomic E-state index is 6.24. The van der Waals surface area contributed by atoms with E-state index in [9.17, 15) is 0 Å². The number of aromatic nitrogens is 2. The highest BCUT2D eigenvalue weighted by Gasteiger charge is 2.33. The summed E-state index contributed by atoms with van der Waals surface area (Å²) in [6.45, 7) is 11.8. The molecule has 0 spiro atoms. The van der Waals surface area contributed by atoms with Crippen molar-refractivity contribution in [3.8, 4) is 0 Å². The maximum absolute atomic E-state index is 6.24. The molecule has 0 bridgehead atoms. The average Bonchev–Trinajstić information content (AvgIpc) is 2.81. The number of anilines is 2. The van der Waals surface area contributed by atoms with Crippen molar-refractivity contribution in [1.29, 1.82) is 0 Å². The first-order valence-electron chi connectivity index (χ1n) is 6.93. The first kappa shape index (κ1) is 14.4. The van der Waals surface area contributed by atoms with Gasteiger partial charge in [0.2, 0.25) is 5.95 Å². The van der Waals surface area contributed by atoms with Crippen LogP contribution in [0.4, 0.5) is 11.8 Å². The summed E-state index contributed by atoms with van der Waals surface area (Å²) in [7, 11) is 0. The van der Waals surface area contributed by atoms with E-state index in [1.165, 1.54) is 6.42 Å². The molecule has 1 aromatic rings. The molecule has 0 aliphatic carbocycles. The van der Waals surface area contributed by atoms with Gasteiger partial charge in [0, 0.05) is 19.6 Å². The van der Waals surface area contributed by atoms with Gasteiger partial charge in [0.25, 0.3) is 0 Å². The number of rotatable bonds is 3. The predicted molar refractivity (Wildman–Crippen MR) is 81.0 cm³/mol. The van der Waals surface area contributed by atoms with Gasteiger partial charge in [-0.25, -0.2) is 4.98 Å². The molecule has 106 valence electrons. The molecule has 0 aromatic carbocycles. The van der Waals surface area contributed by atoms with E-state index >= 15 is 0 Å². The van der Waals surface area contributed by atoms with Crippen LogP contribution in [0.25, 0.3) is 0 Å². The molecular formula is C14H23ClN4. The molecule has 1 aromatic heterocycles. The van der Waals surface area contributed by atoms with Gasteiger partial charge in [-0.15, -0.1) is 0 Å². The van der Waals surface area contributed by atoms with E-state index in [1.54, 1.807) is 6.20 Å². The Labute approximate surface area is 120 Å². The van der Waals surface area contributed by atoms with Crippen molar-refractivity contribution in [3.05, 3.63) is 11.2 Å². The van der Waals surface area contributed by atoms with Crippen LogP contribution in [0.3, 0.4) is 0 Å². The van der Waals surface area contributed by atoms with Crippen LogP contribution in [-0.2, 0) is 0 Å². The number of hydrogen-bond acceptors (Lipinski definition) is 4. The Morgan fingerprint density at radius 3 is 2.79 bits per heavy atom. The second-order valence-corrected chi connectivity index (χ2v) is 6.60. The molecule has 5 heteroatoms. The normalized spacial score (nSPS) is 19.8. The van der Waals surface area contributed by atoms with Crippen LogP contribution in [0.5, 0.6) is 0 Å². The van der Waals surface area contributed by atoms with Crippen molar-refractivity contribution in [1.82, 2.24) is 9.97 Å². The highest BCUT2D eigenvalue weighted by atomic mass is 35.5. The van der Waals surface area contributed by atoms with Crippen LogP contribution in [0.1, 0.15) is 34.1 Å². The summed E-state index contributed by atoms with van der Waals surface area (Å²) < 4.78 is 0. The lowest BCUT2D eigenvalue weighted by Gasteiger charge is -2.27. The second kappa shape index (κ2) is 5.53. The Balaban J connectivity index is 2.16. The number of nitrogens with one attached hydrogen (secondary N) is 1. The zero-order chi connectivity index (χ0) is 14.0. The third-order valence-corrected chi connectivity index (χ3v) is 4.04.